The summed E-state index contributed by atoms with van der Waals surface area (Å²) in [6, 6.07) is 0. The summed E-state index contributed by atoms with van der Waals surface area (Å²) in [7, 11) is 0. The van der Waals surface area contributed by atoms with E-state index >= 15 is 0 Å². The van der Waals surface area contributed by atoms with Crippen molar-refractivity contribution in [3.05, 3.63) is 0 Å². The molecule has 2 saturated carbocycles. The predicted octanol–water partition coefficient (Wildman–Crippen LogP) is 2.40. The number of rotatable bonds is 1. The monoisotopic (exact) mass is 152 g/mol. The van der Waals surface area contributed by atoms with Crippen molar-refractivity contribution in [2.75, 3.05) is 0 Å². The average molecular weight is 152 g/mol. The third kappa shape index (κ3) is 0.743. The van der Waals surface area contributed by atoms with Crippen LogP contribution in [0.5, 0.6) is 0 Å². The van der Waals surface area contributed by atoms with Crippen molar-refractivity contribution in [3.8, 4) is 0 Å². The molecule has 0 heterocycles. The molecule has 2 atom stereocenters. The van der Waals surface area contributed by atoms with Gasteiger partial charge in [0.1, 0.15) is 6.29 Å². The Morgan fingerprint density at radius 3 is 2.36 bits per heavy atom. The quantitative estimate of drug-likeness (QED) is 0.527. The Labute approximate surface area is 68.2 Å². The molecule has 1 heteroatoms. The fourth-order valence-electron chi connectivity index (χ4n) is 3.16. The van der Waals surface area contributed by atoms with Crippen LogP contribution in [0, 0.1) is 16.7 Å². The highest BCUT2D eigenvalue weighted by Gasteiger charge is 2.56. The van der Waals surface area contributed by atoms with E-state index in [1.54, 1.807) is 0 Å². The summed E-state index contributed by atoms with van der Waals surface area (Å²) in [4.78, 5) is 11.0. The summed E-state index contributed by atoms with van der Waals surface area (Å²) in [6.07, 6.45) is 6.12. The second kappa shape index (κ2) is 1.88. The van der Waals surface area contributed by atoms with E-state index in [2.05, 4.69) is 13.8 Å². The molecule has 0 aliphatic heterocycles. The summed E-state index contributed by atoms with van der Waals surface area (Å²) in [5.74, 6) is 0.857. The Hall–Kier alpha value is -0.330. The number of hydrogen-bond acceptors (Lipinski definition) is 1. The van der Waals surface area contributed by atoms with Gasteiger partial charge in [0, 0.05) is 5.41 Å². The average Bonchev–Trinajstić information content (AvgIpc) is 2.41. The van der Waals surface area contributed by atoms with Crippen molar-refractivity contribution in [3.63, 3.8) is 0 Å². The van der Waals surface area contributed by atoms with Gasteiger partial charge in [0.05, 0.1) is 0 Å². The van der Waals surface area contributed by atoms with Gasteiger partial charge in [0.25, 0.3) is 0 Å². The van der Waals surface area contributed by atoms with Gasteiger partial charge in [-0.05, 0) is 37.0 Å². The second-order valence-corrected chi connectivity index (χ2v) is 4.97. The fraction of sp³-hybridized carbons (Fsp3) is 0.900. The van der Waals surface area contributed by atoms with Crippen LogP contribution >= 0.6 is 0 Å². The van der Waals surface area contributed by atoms with Crippen molar-refractivity contribution in [2.24, 2.45) is 16.7 Å². The standard InChI is InChI=1S/C10H16O/c1-9(2)5-8-3-4-10(9,6-8)7-11/h7-8H,3-6H2,1-2H3. The summed E-state index contributed by atoms with van der Waals surface area (Å²) < 4.78 is 0. The zero-order chi connectivity index (χ0) is 8.11. The summed E-state index contributed by atoms with van der Waals surface area (Å²) in [5, 5.41) is 0. The van der Waals surface area contributed by atoms with Crippen LogP contribution in [0.15, 0.2) is 0 Å². The Kier molecular flexibility index (Phi) is 1.25. The highest BCUT2D eigenvalue weighted by molar-refractivity contribution is 5.62. The van der Waals surface area contributed by atoms with E-state index < -0.39 is 0 Å². The van der Waals surface area contributed by atoms with Crippen LogP contribution < -0.4 is 0 Å². The molecule has 0 saturated heterocycles. The van der Waals surface area contributed by atoms with Crippen LogP contribution in [0.4, 0.5) is 0 Å². The third-order valence-corrected chi connectivity index (χ3v) is 4.02. The van der Waals surface area contributed by atoms with E-state index in [9.17, 15) is 4.79 Å². The minimum atomic E-state index is 0.0671. The molecule has 2 unspecified atom stereocenters. The zero-order valence-electron chi connectivity index (χ0n) is 7.39. The maximum atomic E-state index is 11.0. The van der Waals surface area contributed by atoms with E-state index in [1.807, 2.05) is 0 Å². The molecule has 11 heavy (non-hydrogen) atoms. The maximum absolute atomic E-state index is 11.0. The molecule has 62 valence electrons. The minimum Gasteiger partial charge on any atom is -0.303 e. The highest BCUT2D eigenvalue weighted by atomic mass is 16.1. The van der Waals surface area contributed by atoms with E-state index in [0.717, 1.165) is 12.3 Å². The molecular formula is C10H16O. The van der Waals surface area contributed by atoms with Gasteiger partial charge in [0.15, 0.2) is 0 Å². The lowest BCUT2D eigenvalue weighted by molar-refractivity contribution is -0.120. The molecule has 0 spiro atoms. The molecule has 2 rings (SSSR count). The normalized spacial score (nSPS) is 46.2. The van der Waals surface area contributed by atoms with Gasteiger partial charge in [-0.15, -0.1) is 0 Å². The topological polar surface area (TPSA) is 17.1 Å². The molecule has 1 nitrogen and oxygen atoms in total. The lowest BCUT2D eigenvalue weighted by atomic mass is 9.66. The van der Waals surface area contributed by atoms with E-state index in [-0.39, 0.29) is 10.8 Å². The van der Waals surface area contributed by atoms with Gasteiger partial charge in [-0.3, -0.25) is 0 Å². The Morgan fingerprint density at radius 1 is 1.36 bits per heavy atom. The molecule has 0 aromatic heterocycles. The van der Waals surface area contributed by atoms with E-state index in [4.69, 9.17) is 0 Å². The summed E-state index contributed by atoms with van der Waals surface area (Å²) in [5.41, 5.74) is 0.356. The fourth-order valence-corrected chi connectivity index (χ4v) is 3.16. The van der Waals surface area contributed by atoms with Crippen LogP contribution in [-0.2, 0) is 4.79 Å². The summed E-state index contributed by atoms with van der Waals surface area (Å²) >= 11 is 0. The van der Waals surface area contributed by atoms with Crippen LogP contribution in [0.25, 0.3) is 0 Å². The molecule has 0 N–H and O–H groups in total. The second-order valence-electron chi connectivity index (χ2n) is 4.97. The number of aldehydes is 1. The minimum absolute atomic E-state index is 0.0671. The van der Waals surface area contributed by atoms with Crippen molar-refractivity contribution < 1.29 is 4.79 Å². The Balaban J connectivity index is 2.36. The Morgan fingerprint density at radius 2 is 2.09 bits per heavy atom. The molecule has 2 aliphatic rings. The van der Waals surface area contributed by atoms with Crippen molar-refractivity contribution >= 4 is 6.29 Å². The largest absolute Gasteiger partial charge is 0.303 e. The molecule has 0 aromatic carbocycles. The van der Waals surface area contributed by atoms with Gasteiger partial charge in [-0.2, -0.15) is 0 Å². The van der Waals surface area contributed by atoms with Crippen LogP contribution in [0.3, 0.4) is 0 Å². The number of carbonyl (C=O) groups is 1. The predicted molar refractivity (Wildman–Crippen MR) is 44.2 cm³/mol. The van der Waals surface area contributed by atoms with E-state index in [1.165, 1.54) is 25.5 Å². The molecule has 2 bridgehead atoms. The first-order valence-electron chi connectivity index (χ1n) is 4.56. The van der Waals surface area contributed by atoms with Gasteiger partial charge < -0.3 is 4.79 Å². The van der Waals surface area contributed by atoms with Gasteiger partial charge >= 0.3 is 0 Å². The highest BCUT2D eigenvalue weighted by Crippen LogP contribution is 2.62. The van der Waals surface area contributed by atoms with Crippen LogP contribution in [-0.4, -0.2) is 6.29 Å². The maximum Gasteiger partial charge on any atom is 0.126 e. The Bertz CT molecular complexity index is 195. The van der Waals surface area contributed by atoms with Crippen molar-refractivity contribution in [2.45, 2.75) is 39.5 Å². The molecule has 0 aromatic rings. The molecule has 0 amide bonds. The molecule has 2 fully saturated rings. The van der Waals surface area contributed by atoms with Crippen LogP contribution in [0.2, 0.25) is 0 Å². The zero-order valence-corrected chi connectivity index (χ0v) is 7.39. The van der Waals surface area contributed by atoms with Gasteiger partial charge in [0.2, 0.25) is 0 Å². The summed E-state index contributed by atoms with van der Waals surface area (Å²) in [6.45, 7) is 4.50. The first-order valence-corrected chi connectivity index (χ1v) is 4.56. The number of carbonyl (C=O) groups excluding carboxylic acids is 1. The van der Waals surface area contributed by atoms with Crippen LogP contribution in [0.1, 0.15) is 39.5 Å². The van der Waals surface area contributed by atoms with Gasteiger partial charge in [-0.1, -0.05) is 13.8 Å². The first kappa shape index (κ1) is 7.33. The van der Waals surface area contributed by atoms with E-state index in [0.29, 0.717) is 0 Å². The smallest absolute Gasteiger partial charge is 0.126 e. The number of hydrogen-bond donors (Lipinski definition) is 0. The molecule has 2 aliphatic carbocycles. The number of fused-ring (bicyclic) bond motifs is 2. The lowest BCUT2D eigenvalue weighted by Gasteiger charge is -2.37. The lowest BCUT2D eigenvalue weighted by Crippen LogP contribution is -2.34. The van der Waals surface area contributed by atoms with Crippen molar-refractivity contribution in [1.82, 2.24) is 0 Å². The molecule has 0 radical (unpaired) electrons. The first-order chi connectivity index (χ1) is 5.10. The van der Waals surface area contributed by atoms with Crippen molar-refractivity contribution in [1.29, 1.82) is 0 Å². The third-order valence-electron chi connectivity index (χ3n) is 4.02. The molecular weight excluding hydrogens is 136 g/mol. The SMILES string of the molecule is CC1(C)CC2CCC1(C=O)C2. The van der Waals surface area contributed by atoms with Gasteiger partial charge in [-0.25, -0.2) is 0 Å².